The lowest BCUT2D eigenvalue weighted by atomic mass is 10.00. The molecule has 3 unspecified atom stereocenters. The lowest BCUT2D eigenvalue weighted by Crippen LogP contribution is -2.56. The standard InChI is InChI=1S/C35H43N5O6S/c1-26(2)18-19-40(47(44,45)30-16-10-5-11-17-30)23-33(41)31(20-27-12-6-3-7-13-27)38-34(42)32(21-29-22-36-25-37-29)39-35(43)46-24-28-14-8-4-9-15-28/h3-17,22,25-26,31-33,41H,18-21,23-24H2,1-2H3,(H,36,37)(H,38,42)(H,39,43). The maximum absolute atomic E-state index is 13.8. The van der Waals surface area contributed by atoms with E-state index in [0.717, 1.165) is 11.1 Å². The van der Waals surface area contributed by atoms with Crippen LogP contribution >= 0.6 is 0 Å². The number of sulfonamides is 1. The van der Waals surface area contributed by atoms with E-state index in [1.165, 1.54) is 22.8 Å². The summed E-state index contributed by atoms with van der Waals surface area (Å²) < 4.78 is 34.1. The fourth-order valence-corrected chi connectivity index (χ4v) is 6.45. The molecule has 4 rings (SSSR count). The van der Waals surface area contributed by atoms with Crippen molar-refractivity contribution in [2.45, 2.75) is 62.8 Å². The molecule has 4 N–H and O–H groups in total. The number of nitrogens with zero attached hydrogens (tertiary/aromatic N) is 2. The van der Waals surface area contributed by atoms with Gasteiger partial charge in [0.2, 0.25) is 15.9 Å². The van der Waals surface area contributed by atoms with Crippen LogP contribution in [-0.2, 0) is 39.0 Å². The maximum Gasteiger partial charge on any atom is 0.408 e. The van der Waals surface area contributed by atoms with Crippen LogP contribution in [0, 0.1) is 5.92 Å². The predicted molar refractivity (Wildman–Crippen MR) is 179 cm³/mol. The van der Waals surface area contributed by atoms with Gasteiger partial charge in [0, 0.05) is 31.4 Å². The van der Waals surface area contributed by atoms with Crippen LogP contribution in [0.2, 0.25) is 0 Å². The summed E-state index contributed by atoms with van der Waals surface area (Å²) in [7, 11) is -3.95. The minimum Gasteiger partial charge on any atom is -0.445 e. The molecule has 12 heteroatoms. The monoisotopic (exact) mass is 661 g/mol. The summed E-state index contributed by atoms with van der Waals surface area (Å²) >= 11 is 0. The normalized spacial score (nSPS) is 13.6. The molecule has 1 heterocycles. The third-order valence-electron chi connectivity index (χ3n) is 7.62. The van der Waals surface area contributed by atoms with Gasteiger partial charge >= 0.3 is 6.09 Å². The molecule has 0 aliphatic rings. The lowest BCUT2D eigenvalue weighted by molar-refractivity contribution is -0.124. The molecule has 1 aromatic heterocycles. The molecule has 0 saturated carbocycles. The number of carbonyl (C=O) groups is 2. The van der Waals surface area contributed by atoms with Gasteiger partial charge in [0.15, 0.2) is 0 Å². The first-order valence-corrected chi connectivity index (χ1v) is 17.1. The van der Waals surface area contributed by atoms with Crippen LogP contribution in [-0.4, -0.2) is 71.1 Å². The van der Waals surface area contributed by atoms with E-state index in [1.807, 2.05) is 74.5 Å². The fraction of sp³-hybridized carbons (Fsp3) is 0.343. The molecule has 3 aromatic carbocycles. The molecule has 0 fully saturated rings. The van der Waals surface area contributed by atoms with Crippen LogP contribution in [0.15, 0.2) is 108 Å². The van der Waals surface area contributed by atoms with Crippen LogP contribution in [0.4, 0.5) is 4.79 Å². The number of carbonyl (C=O) groups excluding carboxylic acids is 2. The summed E-state index contributed by atoms with van der Waals surface area (Å²) in [5.41, 5.74) is 2.22. The molecule has 250 valence electrons. The number of ether oxygens (including phenoxy) is 1. The molecule has 0 aliphatic heterocycles. The van der Waals surface area contributed by atoms with E-state index in [2.05, 4.69) is 20.6 Å². The zero-order valence-electron chi connectivity index (χ0n) is 26.7. The molecule has 0 spiro atoms. The van der Waals surface area contributed by atoms with Gasteiger partial charge in [-0.3, -0.25) is 4.79 Å². The first kappa shape index (κ1) is 35.3. The number of nitrogens with one attached hydrogen (secondary N) is 3. The lowest BCUT2D eigenvalue weighted by Gasteiger charge is -2.31. The molecule has 3 atom stereocenters. The Kier molecular flexibility index (Phi) is 13.1. The summed E-state index contributed by atoms with van der Waals surface area (Å²) in [6.07, 6.45) is 1.81. The van der Waals surface area contributed by atoms with Crippen molar-refractivity contribution >= 4 is 22.0 Å². The molecule has 11 nitrogen and oxygen atoms in total. The number of hydrogen-bond acceptors (Lipinski definition) is 7. The van der Waals surface area contributed by atoms with E-state index >= 15 is 0 Å². The van der Waals surface area contributed by atoms with E-state index in [4.69, 9.17) is 4.74 Å². The summed E-state index contributed by atoms with van der Waals surface area (Å²) in [6, 6.07) is 24.6. The minimum absolute atomic E-state index is 0.0164. The number of aromatic nitrogens is 2. The van der Waals surface area contributed by atoms with Gasteiger partial charge in [-0.2, -0.15) is 4.31 Å². The smallest absolute Gasteiger partial charge is 0.408 e. The second kappa shape index (κ2) is 17.4. The molecule has 47 heavy (non-hydrogen) atoms. The van der Waals surface area contributed by atoms with Crippen LogP contribution in [0.25, 0.3) is 0 Å². The van der Waals surface area contributed by atoms with Crippen LogP contribution in [0.3, 0.4) is 0 Å². The third-order valence-corrected chi connectivity index (χ3v) is 9.50. The Balaban J connectivity index is 1.55. The van der Waals surface area contributed by atoms with E-state index < -0.39 is 40.2 Å². The molecule has 2 amide bonds. The first-order valence-electron chi connectivity index (χ1n) is 15.6. The number of alkyl carbamates (subject to hydrolysis) is 1. The number of amides is 2. The molecule has 0 saturated heterocycles. The summed E-state index contributed by atoms with van der Waals surface area (Å²) in [5, 5.41) is 17.2. The molecular formula is C35H43N5O6S. The van der Waals surface area contributed by atoms with Gasteiger partial charge in [-0.15, -0.1) is 0 Å². The van der Waals surface area contributed by atoms with Crippen LogP contribution in [0.5, 0.6) is 0 Å². The van der Waals surface area contributed by atoms with Gasteiger partial charge in [-0.1, -0.05) is 92.7 Å². The number of hydrogen-bond donors (Lipinski definition) is 4. The number of imidazole rings is 1. The quantitative estimate of drug-likeness (QED) is 0.133. The second-order valence-electron chi connectivity index (χ2n) is 11.8. The average Bonchev–Trinajstić information content (AvgIpc) is 3.59. The Morgan fingerprint density at radius 2 is 1.51 bits per heavy atom. The topological polar surface area (TPSA) is 154 Å². The van der Waals surface area contributed by atoms with Gasteiger partial charge in [0.1, 0.15) is 12.6 Å². The van der Waals surface area contributed by atoms with E-state index in [-0.39, 0.29) is 43.4 Å². The number of aromatic amines is 1. The Morgan fingerprint density at radius 1 is 0.894 bits per heavy atom. The highest BCUT2D eigenvalue weighted by atomic mass is 32.2. The fourth-order valence-electron chi connectivity index (χ4n) is 4.96. The largest absolute Gasteiger partial charge is 0.445 e. The van der Waals surface area contributed by atoms with Crippen molar-refractivity contribution in [2.24, 2.45) is 5.92 Å². The molecular weight excluding hydrogens is 618 g/mol. The van der Waals surface area contributed by atoms with Gasteiger partial charge in [0.25, 0.3) is 0 Å². The van der Waals surface area contributed by atoms with Crippen molar-refractivity contribution in [3.63, 3.8) is 0 Å². The zero-order valence-corrected chi connectivity index (χ0v) is 27.5. The number of benzene rings is 3. The van der Waals surface area contributed by atoms with Gasteiger partial charge < -0.3 is 25.5 Å². The highest BCUT2D eigenvalue weighted by molar-refractivity contribution is 7.89. The molecule has 4 aromatic rings. The zero-order chi connectivity index (χ0) is 33.6. The Morgan fingerprint density at radius 3 is 2.11 bits per heavy atom. The van der Waals surface area contributed by atoms with Gasteiger partial charge in [0.05, 0.1) is 23.4 Å². The molecule has 0 bridgehead atoms. The van der Waals surface area contributed by atoms with Crippen molar-refractivity contribution in [3.05, 3.63) is 120 Å². The van der Waals surface area contributed by atoms with Crippen molar-refractivity contribution in [3.8, 4) is 0 Å². The van der Waals surface area contributed by atoms with Crippen molar-refractivity contribution in [1.82, 2.24) is 24.9 Å². The first-order chi connectivity index (χ1) is 22.6. The van der Waals surface area contributed by atoms with Crippen LogP contribution < -0.4 is 10.6 Å². The highest BCUT2D eigenvalue weighted by Gasteiger charge is 2.32. The summed E-state index contributed by atoms with van der Waals surface area (Å²) in [5.74, 6) is -0.354. The number of aliphatic hydroxyl groups excluding tert-OH is 1. The maximum atomic E-state index is 13.8. The van der Waals surface area contributed by atoms with Crippen molar-refractivity contribution in [1.29, 1.82) is 0 Å². The second-order valence-corrected chi connectivity index (χ2v) is 13.7. The molecule has 0 radical (unpaired) electrons. The summed E-state index contributed by atoms with van der Waals surface area (Å²) in [4.78, 5) is 33.7. The number of rotatable bonds is 17. The Hall–Kier alpha value is -4.52. The molecule has 0 aliphatic carbocycles. The SMILES string of the molecule is CC(C)CCN(CC(O)C(Cc1ccccc1)NC(=O)C(Cc1cnc[nH]1)NC(=O)OCc1ccccc1)S(=O)(=O)c1ccccc1. The Bertz CT molecular complexity index is 1620. The third kappa shape index (κ3) is 11.1. The predicted octanol–water partition coefficient (Wildman–Crippen LogP) is 4.07. The van der Waals surface area contributed by atoms with Gasteiger partial charge in [-0.05, 0) is 42.0 Å². The van der Waals surface area contributed by atoms with Crippen molar-refractivity contribution in [2.75, 3.05) is 13.1 Å². The minimum atomic E-state index is -3.95. The van der Waals surface area contributed by atoms with Crippen molar-refractivity contribution < 1.29 is 27.9 Å². The average molecular weight is 662 g/mol. The Labute approximate surface area is 276 Å². The van der Waals surface area contributed by atoms with Gasteiger partial charge in [-0.25, -0.2) is 18.2 Å². The number of aliphatic hydroxyl groups is 1. The van der Waals surface area contributed by atoms with E-state index in [1.54, 1.807) is 24.4 Å². The van der Waals surface area contributed by atoms with E-state index in [9.17, 15) is 23.1 Å². The highest BCUT2D eigenvalue weighted by Crippen LogP contribution is 2.19. The van der Waals surface area contributed by atoms with E-state index in [0.29, 0.717) is 12.1 Å². The van der Waals surface area contributed by atoms with Crippen LogP contribution in [0.1, 0.15) is 37.1 Å². The summed E-state index contributed by atoms with van der Waals surface area (Å²) in [6.45, 7) is 3.96. The number of H-pyrrole nitrogens is 1.